The summed E-state index contributed by atoms with van der Waals surface area (Å²) in [6, 6.07) is 4.42. The van der Waals surface area contributed by atoms with Crippen molar-refractivity contribution in [3.63, 3.8) is 0 Å². The van der Waals surface area contributed by atoms with Crippen molar-refractivity contribution in [1.82, 2.24) is 4.90 Å². The molecule has 0 saturated heterocycles. The number of nitro groups is 1. The maximum absolute atomic E-state index is 13.5. The Morgan fingerprint density at radius 1 is 1.47 bits per heavy atom. The third-order valence-corrected chi connectivity index (χ3v) is 3.57. The maximum Gasteiger partial charge on any atom is 0.304 e. The lowest BCUT2D eigenvalue weighted by atomic mass is 9.91. The second kappa shape index (κ2) is 6.08. The summed E-state index contributed by atoms with van der Waals surface area (Å²) in [6.45, 7) is 1.12. The van der Waals surface area contributed by atoms with Gasteiger partial charge in [-0.1, -0.05) is 12.5 Å². The molecule has 5 nitrogen and oxygen atoms in total. The van der Waals surface area contributed by atoms with Crippen LogP contribution in [0.25, 0.3) is 0 Å². The summed E-state index contributed by atoms with van der Waals surface area (Å²) in [5, 5.41) is 19.6. The fraction of sp³-hybridized carbons (Fsp3) is 0.538. The summed E-state index contributed by atoms with van der Waals surface area (Å²) in [7, 11) is 0. The van der Waals surface area contributed by atoms with E-state index in [4.69, 9.17) is 5.11 Å². The molecular weight excluding hydrogens is 251 g/mol. The Hall–Kier alpha value is -1.53. The predicted molar refractivity (Wildman–Crippen MR) is 68.2 cm³/mol. The van der Waals surface area contributed by atoms with Crippen molar-refractivity contribution < 1.29 is 14.4 Å². The van der Waals surface area contributed by atoms with E-state index in [1.807, 2.05) is 0 Å². The van der Waals surface area contributed by atoms with Gasteiger partial charge in [-0.3, -0.25) is 15.0 Å². The predicted octanol–water partition coefficient (Wildman–Crippen LogP) is 2.08. The van der Waals surface area contributed by atoms with E-state index in [2.05, 4.69) is 4.90 Å². The Morgan fingerprint density at radius 3 is 2.68 bits per heavy atom. The maximum atomic E-state index is 13.5. The number of halogens is 1. The Morgan fingerprint density at radius 2 is 2.21 bits per heavy atom. The van der Waals surface area contributed by atoms with E-state index in [0.29, 0.717) is 24.7 Å². The molecule has 104 valence electrons. The third-order valence-electron chi connectivity index (χ3n) is 3.57. The van der Waals surface area contributed by atoms with Crippen molar-refractivity contribution in [2.75, 3.05) is 13.2 Å². The molecule has 0 aliphatic heterocycles. The smallest absolute Gasteiger partial charge is 0.304 e. The second-order valence-electron chi connectivity index (χ2n) is 4.82. The number of nitrogens with zero attached hydrogens (tertiary/aromatic N) is 2. The molecule has 0 unspecified atom stereocenters. The zero-order valence-corrected chi connectivity index (χ0v) is 10.6. The number of hydrogen-bond donors (Lipinski definition) is 1. The van der Waals surface area contributed by atoms with E-state index in [0.717, 1.165) is 12.8 Å². The quantitative estimate of drug-likeness (QED) is 0.633. The fourth-order valence-corrected chi connectivity index (χ4v) is 2.30. The fourth-order valence-electron chi connectivity index (χ4n) is 2.30. The molecule has 0 bridgehead atoms. The molecule has 0 spiro atoms. The zero-order valence-electron chi connectivity index (χ0n) is 10.6. The Balaban J connectivity index is 2.08. The average molecular weight is 268 g/mol. The molecule has 1 saturated carbocycles. The van der Waals surface area contributed by atoms with Gasteiger partial charge < -0.3 is 5.11 Å². The summed E-state index contributed by atoms with van der Waals surface area (Å²) in [4.78, 5) is 11.9. The largest absolute Gasteiger partial charge is 0.395 e. The minimum Gasteiger partial charge on any atom is -0.395 e. The molecule has 0 atom stereocenters. The van der Waals surface area contributed by atoms with Gasteiger partial charge in [0.1, 0.15) is 0 Å². The molecule has 1 aromatic rings. The van der Waals surface area contributed by atoms with Crippen LogP contribution in [0.3, 0.4) is 0 Å². The molecule has 1 aliphatic carbocycles. The minimum atomic E-state index is -0.806. The van der Waals surface area contributed by atoms with E-state index in [9.17, 15) is 14.5 Å². The van der Waals surface area contributed by atoms with Crippen molar-refractivity contribution in [2.24, 2.45) is 0 Å². The summed E-state index contributed by atoms with van der Waals surface area (Å²) in [5.41, 5.74) is 0.199. The number of benzene rings is 1. The van der Waals surface area contributed by atoms with Crippen LogP contribution in [0.4, 0.5) is 10.1 Å². The van der Waals surface area contributed by atoms with E-state index in [1.165, 1.54) is 18.6 Å². The molecule has 6 heteroatoms. The Kier molecular flexibility index (Phi) is 4.44. The van der Waals surface area contributed by atoms with Gasteiger partial charge in [-0.15, -0.1) is 0 Å². The highest BCUT2D eigenvalue weighted by Gasteiger charge is 2.25. The van der Waals surface area contributed by atoms with Crippen LogP contribution in [-0.4, -0.2) is 34.1 Å². The van der Waals surface area contributed by atoms with Crippen LogP contribution in [0.1, 0.15) is 24.8 Å². The van der Waals surface area contributed by atoms with Gasteiger partial charge in [0.2, 0.25) is 5.82 Å². The summed E-state index contributed by atoms with van der Waals surface area (Å²) in [5.74, 6) is -0.806. The first-order valence-corrected chi connectivity index (χ1v) is 6.39. The normalized spacial score (nSPS) is 15.5. The summed E-state index contributed by atoms with van der Waals surface area (Å²) < 4.78 is 13.5. The highest BCUT2D eigenvalue weighted by molar-refractivity contribution is 5.35. The first-order valence-electron chi connectivity index (χ1n) is 6.39. The van der Waals surface area contributed by atoms with Crippen molar-refractivity contribution in [3.8, 4) is 0 Å². The monoisotopic (exact) mass is 268 g/mol. The average Bonchev–Trinajstić information content (AvgIpc) is 2.26. The lowest BCUT2D eigenvalue weighted by molar-refractivity contribution is -0.387. The lowest BCUT2D eigenvalue weighted by Crippen LogP contribution is -2.41. The van der Waals surface area contributed by atoms with Crippen LogP contribution in [0.2, 0.25) is 0 Å². The molecule has 2 rings (SSSR count). The highest BCUT2D eigenvalue weighted by Crippen LogP contribution is 2.27. The van der Waals surface area contributed by atoms with Crippen molar-refractivity contribution in [2.45, 2.75) is 31.8 Å². The van der Waals surface area contributed by atoms with Crippen molar-refractivity contribution in [3.05, 3.63) is 39.7 Å². The highest BCUT2D eigenvalue weighted by atomic mass is 19.1. The van der Waals surface area contributed by atoms with E-state index in [-0.39, 0.29) is 6.61 Å². The van der Waals surface area contributed by atoms with Gasteiger partial charge in [-0.25, -0.2) is 0 Å². The van der Waals surface area contributed by atoms with Crippen LogP contribution < -0.4 is 0 Å². The molecule has 0 radical (unpaired) electrons. The molecule has 1 N–H and O–H groups in total. The van der Waals surface area contributed by atoms with E-state index in [1.54, 1.807) is 6.07 Å². The van der Waals surface area contributed by atoms with Gasteiger partial charge in [0.15, 0.2) is 0 Å². The Labute approximate surface area is 110 Å². The molecule has 0 amide bonds. The van der Waals surface area contributed by atoms with Crippen LogP contribution in [0, 0.1) is 15.9 Å². The summed E-state index contributed by atoms with van der Waals surface area (Å²) >= 11 is 0. The van der Waals surface area contributed by atoms with Crippen molar-refractivity contribution >= 4 is 5.69 Å². The van der Waals surface area contributed by atoms with Crippen LogP contribution in [0.5, 0.6) is 0 Å². The topological polar surface area (TPSA) is 66.6 Å². The second-order valence-corrected chi connectivity index (χ2v) is 4.82. The molecule has 0 aromatic heterocycles. The molecule has 0 heterocycles. The molecular formula is C13H17FN2O3. The summed E-state index contributed by atoms with van der Waals surface area (Å²) in [6.07, 6.45) is 3.37. The Bertz CT molecular complexity index is 463. The SMILES string of the molecule is O=[N+]([O-])c1ccc(CN(CCO)C2CCC2)cc1F. The minimum absolute atomic E-state index is 0.0615. The molecule has 19 heavy (non-hydrogen) atoms. The molecule has 1 fully saturated rings. The van der Waals surface area contributed by atoms with Crippen LogP contribution in [0.15, 0.2) is 18.2 Å². The van der Waals surface area contributed by atoms with Gasteiger partial charge in [0.25, 0.3) is 0 Å². The number of nitro benzene ring substituents is 1. The van der Waals surface area contributed by atoms with Gasteiger partial charge in [-0.05, 0) is 24.5 Å². The van der Waals surface area contributed by atoms with Crippen molar-refractivity contribution in [1.29, 1.82) is 0 Å². The van der Waals surface area contributed by atoms with Gasteiger partial charge in [0.05, 0.1) is 11.5 Å². The van der Waals surface area contributed by atoms with E-state index < -0.39 is 16.4 Å². The van der Waals surface area contributed by atoms with Gasteiger partial charge in [-0.2, -0.15) is 4.39 Å². The van der Waals surface area contributed by atoms with E-state index >= 15 is 0 Å². The zero-order chi connectivity index (χ0) is 13.8. The number of hydrogen-bond acceptors (Lipinski definition) is 4. The first-order chi connectivity index (χ1) is 9.11. The number of rotatable bonds is 6. The first kappa shape index (κ1) is 13.9. The molecule has 1 aliphatic rings. The molecule has 1 aromatic carbocycles. The number of aliphatic hydroxyl groups is 1. The third kappa shape index (κ3) is 3.27. The number of aliphatic hydroxyl groups excluding tert-OH is 1. The standard InChI is InChI=1S/C13H17FN2O3/c14-12-8-10(4-5-13(12)16(18)19)9-15(6-7-17)11-2-1-3-11/h4-5,8,11,17H,1-3,6-7,9H2. The lowest BCUT2D eigenvalue weighted by Gasteiger charge is -2.37. The van der Waals surface area contributed by atoms with Gasteiger partial charge in [0, 0.05) is 25.2 Å². The van der Waals surface area contributed by atoms with Gasteiger partial charge >= 0.3 is 5.69 Å². The van der Waals surface area contributed by atoms with Crippen LogP contribution in [-0.2, 0) is 6.54 Å². The van der Waals surface area contributed by atoms with Crippen LogP contribution >= 0.6 is 0 Å².